The summed E-state index contributed by atoms with van der Waals surface area (Å²) in [6.07, 6.45) is 4.57. The smallest absolute Gasteiger partial charge is 0.135 e. The number of nitrogens with one attached hydrogen (secondary N) is 1. The molecule has 0 amide bonds. The van der Waals surface area contributed by atoms with Crippen molar-refractivity contribution in [2.75, 3.05) is 17.7 Å². The van der Waals surface area contributed by atoms with E-state index in [9.17, 15) is 0 Å². The molecule has 1 saturated heterocycles. The Morgan fingerprint density at radius 2 is 2.33 bits per heavy atom. The highest BCUT2D eigenvalue weighted by molar-refractivity contribution is 5.56. The Hall–Kier alpha value is -1.36. The monoisotopic (exact) mass is 250 g/mol. The fourth-order valence-corrected chi connectivity index (χ4v) is 2.30. The van der Waals surface area contributed by atoms with Gasteiger partial charge in [0.05, 0.1) is 11.6 Å². The second-order valence-corrected chi connectivity index (χ2v) is 5.14. The summed E-state index contributed by atoms with van der Waals surface area (Å²) >= 11 is 0. The third-order valence-electron chi connectivity index (χ3n) is 3.77. The predicted octanol–water partition coefficient (Wildman–Crippen LogP) is 1.99. The molecule has 1 aliphatic rings. The molecule has 1 aromatic rings. The zero-order valence-electron chi connectivity index (χ0n) is 11.4. The summed E-state index contributed by atoms with van der Waals surface area (Å²) in [5.41, 5.74) is 6.87. The summed E-state index contributed by atoms with van der Waals surface area (Å²) in [4.78, 5) is 8.41. The number of nitrogen functional groups attached to an aromatic ring is 1. The van der Waals surface area contributed by atoms with E-state index in [4.69, 9.17) is 10.5 Å². The summed E-state index contributed by atoms with van der Waals surface area (Å²) < 4.78 is 5.63. The Morgan fingerprint density at radius 1 is 1.56 bits per heavy atom. The summed E-state index contributed by atoms with van der Waals surface area (Å²) in [6.45, 7) is 7.16. The highest BCUT2D eigenvalue weighted by Crippen LogP contribution is 2.31. The van der Waals surface area contributed by atoms with Gasteiger partial charge in [-0.1, -0.05) is 13.3 Å². The standard InChI is InChI=1S/C13H22N4O/c1-4-5-10-11(14)15-8-16-12(10)17-13(3)6-7-18-9(13)2/h8-9H,4-7H2,1-3H3,(H3,14,15,16,17). The van der Waals surface area contributed by atoms with Crippen LogP contribution in [0.3, 0.4) is 0 Å². The van der Waals surface area contributed by atoms with Crippen LogP contribution in [0.15, 0.2) is 6.33 Å². The van der Waals surface area contributed by atoms with Crippen molar-refractivity contribution in [1.82, 2.24) is 9.97 Å². The van der Waals surface area contributed by atoms with E-state index in [0.29, 0.717) is 5.82 Å². The molecule has 2 heterocycles. The molecule has 2 atom stereocenters. The SMILES string of the molecule is CCCc1c(N)ncnc1NC1(C)CCOC1C. The Kier molecular flexibility index (Phi) is 3.71. The van der Waals surface area contributed by atoms with Crippen molar-refractivity contribution in [2.24, 2.45) is 0 Å². The Labute approximate surface area is 108 Å². The Morgan fingerprint density at radius 3 is 2.94 bits per heavy atom. The number of ether oxygens (including phenoxy) is 1. The molecule has 2 rings (SSSR count). The van der Waals surface area contributed by atoms with E-state index in [1.165, 1.54) is 6.33 Å². The van der Waals surface area contributed by atoms with E-state index in [2.05, 4.69) is 36.1 Å². The number of anilines is 2. The van der Waals surface area contributed by atoms with Crippen LogP contribution < -0.4 is 11.1 Å². The van der Waals surface area contributed by atoms with Crippen LogP contribution in [0.4, 0.5) is 11.6 Å². The van der Waals surface area contributed by atoms with Crippen molar-refractivity contribution in [3.05, 3.63) is 11.9 Å². The highest BCUT2D eigenvalue weighted by Gasteiger charge is 2.37. The van der Waals surface area contributed by atoms with Crippen molar-refractivity contribution in [3.8, 4) is 0 Å². The van der Waals surface area contributed by atoms with Crippen LogP contribution in [0.2, 0.25) is 0 Å². The van der Waals surface area contributed by atoms with E-state index in [-0.39, 0.29) is 11.6 Å². The highest BCUT2D eigenvalue weighted by atomic mass is 16.5. The third-order valence-corrected chi connectivity index (χ3v) is 3.77. The minimum Gasteiger partial charge on any atom is -0.383 e. The summed E-state index contributed by atoms with van der Waals surface area (Å²) in [7, 11) is 0. The molecule has 0 bridgehead atoms. The van der Waals surface area contributed by atoms with Crippen LogP contribution in [0.5, 0.6) is 0 Å². The summed E-state index contributed by atoms with van der Waals surface area (Å²) in [6, 6.07) is 0. The van der Waals surface area contributed by atoms with E-state index in [1.54, 1.807) is 0 Å². The minimum absolute atomic E-state index is 0.0801. The Balaban J connectivity index is 2.25. The fraction of sp³-hybridized carbons (Fsp3) is 0.692. The second-order valence-electron chi connectivity index (χ2n) is 5.14. The average Bonchev–Trinajstić information content (AvgIpc) is 2.64. The number of nitrogens with two attached hydrogens (primary N) is 1. The van der Waals surface area contributed by atoms with Crippen LogP contribution >= 0.6 is 0 Å². The zero-order chi connectivity index (χ0) is 13.2. The first-order valence-corrected chi connectivity index (χ1v) is 6.56. The molecule has 1 fully saturated rings. The molecule has 0 aliphatic carbocycles. The van der Waals surface area contributed by atoms with Gasteiger partial charge in [-0.25, -0.2) is 9.97 Å². The molecule has 3 N–H and O–H groups in total. The van der Waals surface area contributed by atoms with Crippen LogP contribution in [-0.2, 0) is 11.2 Å². The molecule has 0 saturated carbocycles. The van der Waals surface area contributed by atoms with Crippen LogP contribution in [0, 0.1) is 0 Å². The quantitative estimate of drug-likeness (QED) is 0.855. The lowest BCUT2D eigenvalue weighted by Gasteiger charge is -2.30. The number of rotatable bonds is 4. The lowest BCUT2D eigenvalue weighted by molar-refractivity contribution is 0.105. The van der Waals surface area contributed by atoms with Crippen LogP contribution in [-0.4, -0.2) is 28.2 Å². The molecule has 100 valence electrons. The van der Waals surface area contributed by atoms with Gasteiger partial charge in [0.1, 0.15) is 18.0 Å². The maximum atomic E-state index is 5.94. The fourth-order valence-electron chi connectivity index (χ4n) is 2.30. The van der Waals surface area contributed by atoms with Gasteiger partial charge in [-0.2, -0.15) is 0 Å². The predicted molar refractivity (Wildman–Crippen MR) is 72.5 cm³/mol. The van der Waals surface area contributed by atoms with Gasteiger partial charge in [0, 0.05) is 12.2 Å². The lowest BCUT2D eigenvalue weighted by atomic mass is 9.94. The van der Waals surface area contributed by atoms with Gasteiger partial charge in [-0.15, -0.1) is 0 Å². The molecule has 0 spiro atoms. The van der Waals surface area contributed by atoms with Gasteiger partial charge in [0.2, 0.25) is 0 Å². The van der Waals surface area contributed by atoms with Gasteiger partial charge >= 0.3 is 0 Å². The van der Waals surface area contributed by atoms with Crippen molar-refractivity contribution < 1.29 is 4.74 Å². The molecule has 18 heavy (non-hydrogen) atoms. The molecule has 5 heteroatoms. The van der Waals surface area contributed by atoms with Gasteiger partial charge in [-0.3, -0.25) is 0 Å². The molecular weight excluding hydrogens is 228 g/mol. The molecule has 1 aliphatic heterocycles. The van der Waals surface area contributed by atoms with Gasteiger partial charge < -0.3 is 15.8 Å². The molecule has 0 radical (unpaired) electrons. The normalized spacial score (nSPS) is 27.4. The van der Waals surface area contributed by atoms with Crippen molar-refractivity contribution in [1.29, 1.82) is 0 Å². The molecule has 2 unspecified atom stereocenters. The van der Waals surface area contributed by atoms with Gasteiger partial charge in [0.15, 0.2) is 0 Å². The van der Waals surface area contributed by atoms with Gasteiger partial charge in [0.25, 0.3) is 0 Å². The third kappa shape index (κ3) is 2.41. The van der Waals surface area contributed by atoms with E-state index in [1.807, 2.05) is 0 Å². The van der Waals surface area contributed by atoms with E-state index in [0.717, 1.165) is 37.3 Å². The first-order chi connectivity index (χ1) is 8.57. The van der Waals surface area contributed by atoms with E-state index >= 15 is 0 Å². The minimum atomic E-state index is -0.0801. The van der Waals surface area contributed by atoms with Crippen LogP contribution in [0.25, 0.3) is 0 Å². The maximum Gasteiger partial charge on any atom is 0.135 e. The van der Waals surface area contributed by atoms with Crippen molar-refractivity contribution in [3.63, 3.8) is 0 Å². The largest absolute Gasteiger partial charge is 0.383 e. The second kappa shape index (κ2) is 5.10. The summed E-state index contributed by atoms with van der Waals surface area (Å²) in [5.74, 6) is 1.42. The van der Waals surface area contributed by atoms with Crippen molar-refractivity contribution in [2.45, 2.75) is 51.7 Å². The summed E-state index contributed by atoms with van der Waals surface area (Å²) in [5, 5.41) is 3.51. The first kappa shape index (κ1) is 13.1. The zero-order valence-corrected chi connectivity index (χ0v) is 11.4. The Bertz CT molecular complexity index is 423. The number of hydrogen-bond acceptors (Lipinski definition) is 5. The molecular formula is C13H22N4O. The maximum absolute atomic E-state index is 5.94. The molecule has 5 nitrogen and oxygen atoms in total. The van der Waals surface area contributed by atoms with E-state index < -0.39 is 0 Å². The van der Waals surface area contributed by atoms with Crippen molar-refractivity contribution >= 4 is 11.6 Å². The lowest BCUT2D eigenvalue weighted by Crippen LogP contribution is -2.41. The average molecular weight is 250 g/mol. The molecule has 1 aromatic heterocycles. The number of hydrogen-bond donors (Lipinski definition) is 2. The molecule has 0 aromatic carbocycles. The van der Waals surface area contributed by atoms with Crippen LogP contribution in [0.1, 0.15) is 39.2 Å². The van der Waals surface area contributed by atoms with Gasteiger partial charge in [-0.05, 0) is 26.7 Å². The number of nitrogens with zero attached hydrogens (tertiary/aromatic N) is 2. The first-order valence-electron chi connectivity index (χ1n) is 6.56. The topological polar surface area (TPSA) is 73.1 Å². The number of aromatic nitrogens is 2.